The van der Waals surface area contributed by atoms with Gasteiger partial charge in [-0.25, -0.2) is 0 Å². The summed E-state index contributed by atoms with van der Waals surface area (Å²) in [5, 5.41) is 16.9. The molecular formula is C19H26N4O2. The van der Waals surface area contributed by atoms with Crippen molar-refractivity contribution in [2.75, 3.05) is 13.1 Å². The van der Waals surface area contributed by atoms with Crippen LogP contribution in [0.1, 0.15) is 25.3 Å². The number of carbonyl (C=O) groups is 1. The van der Waals surface area contributed by atoms with Crippen LogP contribution in [0.25, 0.3) is 0 Å². The van der Waals surface area contributed by atoms with Crippen molar-refractivity contribution < 1.29 is 9.90 Å². The summed E-state index contributed by atoms with van der Waals surface area (Å²) in [4.78, 5) is 14.7. The van der Waals surface area contributed by atoms with Gasteiger partial charge in [-0.1, -0.05) is 19.1 Å². The summed E-state index contributed by atoms with van der Waals surface area (Å²) < 4.78 is 1.79. The van der Waals surface area contributed by atoms with Crippen LogP contribution >= 0.6 is 0 Å². The monoisotopic (exact) mass is 342 g/mol. The lowest BCUT2D eigenvalue weighted by Gasteiger charge is -2.33. The van der Waals surface area contributed by atoms with Crippen LogP contribution in [0, 0.1) is 5.92 Å². The Labute approximate surface area is 148 Å². The number of aromatic hydroxyl groups is 1. The van der Waals surface area contributed by atoms with E-state index in [1.165, 1.54) is 0 Å². The number of piperidine rings is 1. The first kappa shape index (κ1) is 17.5. The topological polar surface area (TPSA) is 70.4 Å². The molecule has 6 nitrogen and oxygen atoms in total. The zero-order chi connectivity index (χ0) is 17.6. The van der Waals surface area contributed by atoms with E-state index in [2.05, 4.69) is 15.3 Å². The van der Waals surface area contributed by atoms with Crippen LogP contribution in [0.4, 0.5) is 0 Å². The average Bonchev–Trinajstić information content (AvgIpc) is 3.09. The predicted octanol–water partition coefficient (Wildman–Crippen LogP) is 2.01. The highest BCUT2D eigenvalue weighted by Gasteiger charge is 2.23. The molecule has 1 aliphatic rings. The third-order valence-electron chi connectivity index (χ3n) is 4.72. The van der Waals surface area contributed by atoms with Gasteiger partial charge in [0.05, 0.1) is 12.5 Å². The van der Waals surface area contributed by atoms with Crippen molar-refractivity contribution in [2.24, 2.45) is 5.92 Å². The van der Waals surface area contributed by atoms with Gasteiger partial charge in [0, 0.05) is 38.1 Å². The molecule has 1 atom stereocenters. The zero-order valence-corrected chi connectivity index (χ0v) is 14.6. The molecule has 1 fully saturated rings. The van der Waals surface area contributed by atoms with Crippen molar-refractivity contribution in [3.63, 3.8) is 0 Å². The van der Waals surface area contributed by atoms with E-state index in [0.29, 0.717) is 12.3 Å². The number of phenols is 1. The Hall–Kier alpha value is -2.34. The Balaban J connectivity index is 1.42. The number of nitrogens with one attached hydrogen (secondary N) is 1. The van der Waals surface area contributed by atoms with E-state index < -0.39 is 0 Å². The number of hydrogen-bond donors (Lipinski definition) is 2. The molecule has 1 saturated heterocycles. The molecule has 0 saturated carbocycles. The zero-order valence-electron chi connectivity index (χ0n) is 14.6. The van der Waals surface area contributed by atoms with E-state index in [0.717, 1.165) is 38.0 Å². The maximum Gasteiger partial charge on any atom is 0.224 e. The van der Waals surface area contributed by atoms with Crippen LogP contribution < -0.4 is 5.32 Å². The highest BCUT2D eigenvalue weighted by Crippen LogP contribution is 2.17. The molecule has 1 aromatic carbocycles. The van der Waals surface area contributed by atoms with E-state index in [1.54, 1.807) is 16.9 Å². The standard InChI is InChI=1S/C19H26N4O2/c1-15(13-23-9-3-8-20-23)19(25)21-17-6-10-22(11-7-17)14-16-4-2-5-18(24)12-16/h2-5,8-9,12,15,17,24H,6-7,10-11,13-14H2,1H3,(H,21,25). The van der Waals surface area contributed by atoms with Gasteiger partial charge >= 0.3 is 0 Å². The van der Waals surface area contributed by atoms with Gasteiger partial charge in [0.25, 0.3) is 0 Å². The number of likely N-dealkylation sites (tertiary alicyclic amines) is 1. The maximum absolute atomic E-state index is 12.4. The number of hydrogen-bond acceptors (Lipinski definition) is 4. The Bertz CT molecular complexity index is 678. The normalized spacial score (nSPS) is 17.3. The minimum absolute atomic E-state index is 0.0924. The summed E-state index contributed by atoms with van der Waals surface area (Å²) in [5.41, 5.74) is 1.12. The molecule has 1 aliphatic heterocycles. The van der Waals surface area contributed by atoms with Crippen molar-refractivity contribution in [1.29, 1.82) is 0 Å². The summed E-state index contributed by atoms with van der Waals surface area (Å²) in [5.74, 6) is 0.318. The SMILES string of the molecule is CC(Cn1cccn1)C(=O)NC1CCN(Cc2cccc(O)c2)CC1. The maximum atomic E-state index is 12.4. The van der Waals surface area contributed by atoms with Gasteiger partial charge in [-0.2, -0.15) is 5.10 Å². The molecule has 0 spiro atoms. The molecule has 2 aromatic rings. The number of carbonyl (C=O) groups excluding carboxylic acids is 1. The van der Waals surface area contributed by atoms with Crippen molar-refractivity contribution >= 4 is 5.91 Å². The van der Waals surface area contributed by atoms with E-state index in [9.17, 15) is 9.90 Å². The van der Waals surface area contributed by atoms with Crippen LogP contribution in [-0.2, 0) is 17.9 Å². The van der Waals surface area contributed by atoms with Gasteiger partial charge in [-0.3, -0.25) is 14.4 Å². The highest BCUT2D eigenvalue weighted by atomic mass is 16.3. The second kappa shape index (κ2) is 8.16. The van der Waals surface area contributed by atoms with Crippen LogP contribution in [0.3, 0.4) is 0 Å². The molecule has 6 heteroatoms. The fraction of sp³-hybridized carbons (Fsp3) is 0.474. The predicted molar refractivity (Wildman–Crippen MR) is 95.9 cm³/mol. The van der Waals surface area contributed by atoms with Gasteiger partial charge in [0.2, 0.25) is 5.91 Å². The first-order valence-electron chi connectivity index (χ1n) is 8.88. The molecule has 0 bridgehead atoms. The van der Waals surface area contributed by atoms with E-state index in [-0.39, 0.29) is 17.9 Å². The summed E-state index contributed by atoms with van der Waals surface area (Å²) in [6, 6.07) is 9.52. The quantitative estimate of drug-likeness (QED) is 0.842. The number of aromatic nitrogens is 2. The molecule has 2 heterocycles. The molecule has 2 N–H and O–H groups in total. The Morgan fingerprint density at radius 3 is 2.84 bits per heavy atom. The van der Waals surface area contributed by atoms with Crippen LogP contribution in [0.2, 0.25) is 0 Å². The third kappa shape index (κ3) is 5.06. The number of benzene rings is 1. The molecule has 3 rings (SSSR count). The van der Waals surface area contributed by atoms with E-state index in [4.69, 9.17) is 0 Å². The molecule has 134 valence electrons. The highest BCUT2D eigenvalue weighted by molar-refractivity contribution is 5.78. The largest absolute Gasteiger partial charge is 0.508 e. The van der Waals surface area contributed by atoms with Gasteiger partial charge in [-0.15, -0.1) is 0 Å². The Morgan fingerprint density at radius 2 is 2.16 bits per heavy atom. The summed E-state index contributed by atoms with van der Waals surface area (Å²) in [6.45, 7) is 5.29. The third-order valence-corrected chi connectivity index (χ3v) is 4.72. The number of nitrogens with zero attached hydrogens (tertiary/aromatic N) is 3. The fourth-order valence-corrected chi connectivity index (χ4v) is 3.26. The minimum atomic E-state index is -0.0924. The van der Waals surface area contributed by atoms with Crippen molar-refractivity contribution in [3.05, 3.63) is 48.3 Å². The molecule has 0 radical (unpaired) electrons. The van der Waals surface area contributed by atoms with Gasteiger partial charge in [0.15, 0.2) is 0 Å². The lowest BCUT2D eigenvalue weighted by molar-refractivity contribution is -0.126. The molecule has 25 heavy (non-hydrogen) atoms. The molecule has 0 aliphatic carbocycles. The van der Waals surface area contributed by atoms with E-state index in [1.807, 2.05) is 37.4 Å². The summed E-state index contributed by atoms with van der Waals surface area (Å²) in [6.07, 6.45) is 5.52. The number of amides is 1. The first-order chi connectivity index (χ1) is 12.1. The van der Waals surface area contributed by atoms with Crippen LogP contribution in [-0.4, -0.2) is 44.8 Å². The smallest absolute Gasteiger partial charge is 0.224 e. The first-order valence-corrected chi connectivity index (χ1v) is 8.88. The number of phenolic OH excluding ortho intramolecular Hbond substituents is 1. The van der Waals surface area contributed by atoms with E-state index >= 15 is 0 Å². The molecule has 1 amide bonds. The van der Waals surface area contributed by atoms with Gasteiger partial charge in [0.1, 0.15) is 5.75 Å². The average molecular weight is 342 g/mol. The fourth-order valence-electron chi connectivity index (χ4n) is 3.26. The van der Waals surface area contributed by atoms with Gasteiger partial charge in [-0.05, 0) is 36.6 Å². The summed E-state index contributed by atoms with van der Waals surface area (Å²) >= 11 is 0. The van der Waals surface area contributed by atoms with Crippen molar-refractivity contribution in [3.8, 4) is 5.75 Å². The molecule has 1 aromatic heterocycles. The Kier molecular flexibility index (Phi) is 5.71. The second-order valence-electron chi connectivity index (χ2n) is 6.86. The molecular weight excluding hydrogens is 316 g/mol. The summed E-state index contributed by atoms with van der Waals surface area (Å²) in [7, 11) is 0. The lowest BCUT2D eigenvalue weighted by Crippen LogP contribution is -2.46. The van der Waals surface area contributed by atoms with Crippen LogP contribution in [0.5, 0.6) is 5.75 Å². The van der Waals surface area contributed by atoms with Crippen LogP contribution in [0.15, 0.2) is 42.7 Å². The van der Waals surface area contributed by atoms with Crippen molar-refractivity contribution in [2.45, 2.75) is 38.9 Å². The number of rotatable bonds is 6. The van der Waals surface area contributed by atoms with Crippen molar-refractivity contribution in [1.82, 2.24) is 20.0 Å². The lowest BCUT2D eigenvalue weighted by atomic mass is 10.0. The van der Waals surface area contributed by atoms with Gasteiger partial charge < -0.3 is 10.4 Å². The molecule has 1 unspecified atom stereocenters. The Morgan fingerprint density at radius 1 is 1.36 bits per heavy atom. The minimum Gasteiger partial charge on any atom is -0.508 e. The second-order valence-corrected chi connectivity index (χ2v) is 6.86.